The number of aliphatic carboxylic acids is 1. The lowest BCUT2D eigenvalue weighted by atomic mass is 9.88. The number of hydrogen-bond acceptors (Lipinski definition) is 20. The van der Waals surface area contributed by atoms with Crippen molar-refractivity contribution < 1.29 is 93.0 Å². The average molecular weight is 1350 g/mol. The Morgan fingerprint density at radius 1 is 0.558 bits per heavy atom. The van der Waals surface area contributed by atoms with Gasteiger partial charge in [-0.1, -0.05) is 109 Å². The Kier molecular flexibility index (Phi) is 29.3. The maximum absolute atomic E-state index is 13.0. The van der Waals surface area contributed by atoms with E-state index in [1.54, 1.807) is 48.5 Å². The Morgan fingerprint density at radius 3 is 1.49 bits per heavy atom. The predicted octanol–water partition coefficient (Wildman–Crippen LogP) is 3.49. The van der Waals surface area contributed by atoms with Crippen molar-refractivity contribution in [3.8, 4) is 22.3 Å². The van der Waals surface area contributed by atoms with E-state index >= 15 is 0 Å². The summed E-state index contributed by atoms with van der Waals surface area (Å²) in [5.74, 6) is -6.50. The highest BCUT2D eigenvalue weighted by Crippen LogP contribution is 2.35. The minimum atomic E-state index is -2.47. The molecule has 0 unspecified atom stereocenters. The molecule has 0 aliphatic carbocycles. The van der Waals surface area contributed by atoms with Crippen LogP contribution in [0.15, 0.2) is 133 Å². The molecule has 2 fully saturated rings. The summed E-state index contributed by atoms with van der Waals surface area (Å²) in [5.41, 5.74) is 6.09. The summed E-state index contributed by atoms with van der Waals surface area (Å²) in [6, 6.07) is 37.6. The zero-order valence-corrected chi connectivity index (χ0v) is 54.6. The molecule has 0 spiro atoms. The van der Waals surface area contributed by atoms with Crippen molar-refractivity contribution in [1.82, 2.24) is 26.6 Å². The molecule has 2 aliphatic heterocycles. The lowest BCUT2D eigenvalue weighted by molar-refractivity contribution is -0.310. The highest BCUT2D eigenvalue weighted by molar-refractivity contribution is 7.99. The van der Waals surface area contributed by atoms with Crippen LogP contribution in [0.25, 0.3) is 22.3 Å². The number of carbonyl (C=O) groups is 8. The first-order valence-corrected chi connectivity index (χ1v) is 33.8. The van der Waals surface area contributed by atoms with Gasteiger partial charge < -0.3 is 81.3 Å². The lowest BCUT2D eigenvalue weighted by Crippen LogP contribution is -2.68. The molecule has 2 heterocycles. The number of rotatable bonds is 37. The van der Waals surface area contributed by atoms with Gasteiger partial charge in [-0.25, -0.2) is 4.79 Å². The summed E-state index contributed by atoms with van der Waals surface area (Å²) < 4.78 is 23.4. The quantitative estimate of drug-likeness (QED) is 0.0200. The predicted molar refractivity (Wildman–Crippen MR) is 354 cm³/mol. The molecule has 512 valence electrons. The number of nitrogens with one attached hydrogen (secondary N) is 5. The van der Waals surface area contributed by atoms with Crippen molar-refractivity contribution in [3.05, 3.63) is 156 Å². The molecule has 5 aromatic rings. The molecule has 5 aromatic carbocycles. The second-order valence-electron chi connectivity index (χ2n) is 23.3. The lowest BCUT2D eigenvalue weighted by Gasteiger charge is -2.46. The molecule has 2 aliphatic rings. The van der Waals surface area contributed by atoms with Crippen molar-refractivity contribution in [2.45, 2.75) is 144 Å². The third kappa shape index (κ3) is 22.6. The zero-order chi connectivity index (χ0) is 68.5. The number of aliphatic hydroxyl groups is 6. The highest BCUT2D eigenvalue weighted by Gasteiger charge is 2.56. The number of aliphatic hydroxyl groups excluding tert-OH is 6. The van der Waals surface area contributed by atoms with E-state index in [0.717, 1.165) is 40.3 Å². The molecule has 7 rings (SSSR count). The second kappa shape index (κ2) is 37.2. The van der Waals surface area contributed by atoms with Gasteiger partial charge in [-0.05, 0) is 88.4 Å². The summed E-state index contributed by atoms with van der Waals surface area (Å²) in [5, 5.41) is 90.2. The van der Waals surface area contributed by atoms with E-state index in [2.05, 4.69) is 26.6 Å². The summed E-state index contributed by atoms with van der Waals surface area (Å²) >= 11 is 2.94. The van der Waals surface area contributed by atoms with Crippen molar-refractivity contribution in [2.24, 2.45) is 0 Å². The van der Waals surface area contributed by atoms with Crippen LogP contribution in [0, 0.1) is 0 Å². The number of benzene rings is 5. The fourth-order valence-electron chi connectivity index (χ4n) is 10.9. The van der Waals surface area contributed by atoms with Gasteiger partial charge in [0.05, 0.1) is 49.7 Å². The molecule has 24 nitrogen and oxygen atoms in total. The number of ether oxygens (including phenoxy) is 4. The Balaban J connectivity index is 0.744. The minimum absolute atomic E-state index is 0.000470. The number of aryl methyl sites for hydroxylation is 1. The fourth-order valence-corrected chi connectivity index (χ4v) is 12.6. The number of Topliss-reactive ketones (excluding diaryl/α,β-unsaturated/α-hetero) is 1. The number of carboxylic acid groups (broad SMARTS) is 1. The summed E-state index contributed by atoms with van der Waals surface area (Å²) in [7, 11) is 0. The first-order chi connectivity index (χ1) is 45.6. The first kappa shape index (κ1) is 74.9. The summed E-state index contributed by atoms with van der Waals surface area (Å²) in [6.45, 7) is 1.55. The third-order valence-electron chi connectivity index (χ3n) is 16.1. The van der Waals surface area contributed by atoms with E-state index in [1.165, 1.54) is 30.4 Å². The van der Waals surface area contributed by atoms with Crippen LogP contribution in [0.5, 0.6) is 0 Å². The molecular formula is C69H85N5O19S2. The Bertz CT molecular complexity index is 3300. The van der Waals surface area contributed by atoms with Crippen LogP contribution in [0.3, 0.4) is 0 Å². The Labute approximate surface area is 559 Å². The monoisotopic (exact) mass is 1350 g/mol. The van der Waals surface area contributed by atoms with Crippen molar-refractivity contribution in [3.63, 3.8) is 0 Å². The first-order valence-electron chi connectivity index (χ1n) is 31.4. The van der Waals surface area contributed by atoms with Crippen LogP contribution in [0.2, 0.25) is 0 Å². The van der Waals surface area contributed by atoms with Gasteiger partial charge >= 0.3 is 5.97 Å². The van der Waals surface area contributed by atoms with Crippen molar-refractivity contribution >= 4 is 71.1 Å². The number of carbonyl (C=O) groups excluding carboxylic acids is 7. The zero-order valence-electron chi connectivity index (χ0n) is 52.9. The van der Waals surface area contributed by atoms with Crippen LogP contribution in [0.4, 0.5) is 0 Å². The Morgan fingerprint density at radius 2 is 1.01 bits per heavy atom. The van der Waals surface area contributed by atoms with Gasteiger partial charge in [-0.15, -0.1) is 0 Å². The van der Waals surface area contributed by atoms with Gasteiger partial charge in [0.1, 0.15) is 30.2 Å². The van der Waals surface area contributed by atoms with E-state index in [9.17, 15) is 74.1 Å². The number of hydrogen-bond donors (Lipinski definition) is 12. The second-order valence-corrected chi connectivity index (χ2v) is 25.8. The Hall–Kier alpha value is -7.44. The molecule has 12 atom stereocenters. The number of ketones is 1. The van der Waals surface area contributed by atoms with Gasteiger partial charge in [-0.2, -0.15) is 23.5 Å². The molecule has 0 bridgehead atoms. The minimum Gasteiger partial charge on any atom is -0.477 e. The van der Waals surface area contributed by atoms with Crippen molar-refractivity contribution in [2.75, 3.05) is 49.3 Å². The maximum Gasteiger partial charge on any atom is 0.364 e. The smallest absolute Gasteiger partial charge is 0.364 e. The van der Waals surface area contributed by atoms with Crippen molar-refractivity contribution in [1.29, 1.82) is 0 Å². The summed E-state index contributed by atoms with van der Waals surface area (Å²) in [4.78, 5) is 101. The molecule has 2 saturated heterocycles. The molecule has 12 N–H and O–H groups in total. The standard InChI is InChI=1S/C69H85N5O19S2/c1-43(76)73-59-54(79)37-68(42-75,92-63(59)61(84)56(81)40-71-65(86)51-24-20-49(21-25-51)47-11-5-3-6-12-47)90-31-9-33-94-35-29-53(78)28-19-45-15-17-46(18-16-45)39-70-58(83)30-36-95-34-10-32-91-69(67(88)89)38-55(80)60(74-44(2)77)64(93-69)62(85)57(82)41-72-66(87)52-26-22-50(23-27-52)48-13-7-4-8-14-48/h3-8,11-18,20-27,42,54-57,59-64,79-82,84-85H,9-10,19,28-41H2,1-2H3,(H,70,83)(H,71,86)(H,72,87)(H,73,76)(H,74,77)(H,88,89)/t54-,55-,56+,57+,59+,60+,61+,62+,63+,64+,68+,69+/m0/s1. The van der Waals surface area contributed by atoms with Crippen LogP contribution in [-0.2, 0) is 60.7 Å². The van der Waals surface area contributed by atoms with E-state index in [4.69, 9.17) is 18.9 Å². The number of thioether (sulfide) groups is 2. The highest BCUT2D eigenvalue weighted by atomic mass is 32.2. The molecule has 0 saturated carbocycles. The number of aldehydes is 1. The van der Waals surface area contributed by atoms with Crippen LogP contribution >= 0.6 is 23.5 Å². The van der Waals surface area contributed by atoms with E-state index < -0.39 is 122 Å². The van der Waals surface area contributed by atoms with E-state index in [1.807, 2.05) is 84.9 Å². The van der Waals surface area contributed by atoms with Gasteiger partial charge in [0.2, 0.25) is 23.5 Å². The molecule has 95 heavy (non-hydrogen) atoms. The van der Waals surface area contributed by atoms with E-state index in [-0.39, 0.29) is 49.9 Å². The maximum atomic E-state index is 13.0. The molecular weight excluding hydrogens is 1270 g/mol. The average Bonchev–Trinajstić information content (AvgIpc) is 0.782. The molecule has 5 amide bonds. The van der Waals surface area contributed by atoms with Gasteiger partial charge in [0, 0.05) is 88.2 Å². The van der Waals surface area contributed by atoms with Crippen LogP contribution in [-0.4, -0.2) is 205 Å². The van der Waals surface area contributed by atoms with Gasteiger partial charge in [-0.3, -0.25) is 33.6 Å². The normalized spacial score (nSPS) is 22.2. The third-order valence-corrected chi connectivity index (χ3v) is 18.2. The fraction of sp³-hybridized carbons (Fsp3) is 0.449. The topological polar surface area (TPSA) is 375 Å². The van der Waals surface area contributed by atoms with Gasteiger partial charge in [0.25, 0.3) is 17.6 Å². The number of amides is 5. The summed E-state index contributed by atoms with van der Waals surface area (Å²) in [6.07, 6.45) is -11.9. The van der Waals surface area contributed by atoms with Crippen LogP contribution < -0.4 is 26.6 Å². The molecule has 0 aromatic heterocycles. The molecule has 26 heteroatoms. The SMILES string of the molecule is CC(=O)N[C@H]1[C@H]([C@H](O)[C@H](O)CNC(=O)c2ccc(-c3ccccc3)cc2)O[C@](C=O)(OCCCSCCC(=O)CCc2ccc(CNC(=O)CCSCCCO[C@]3(C(=O)O)C[C@H](O)[C@@H](NC(C)=O)[C@H]([C@H](O)[C@H](O)CNC(=O)c4ccc(-c5ccccc5)cc4)O3)cc2)C[C@@H]1O. The van der Waals surface area contributed by atoms with Gasteiger partial charge in [0.15, 0.2) is 6.29 Å². The largest absolute Gasteiger partial charge is 0.477 e. The number of carboxylic acids is 1. The van der Waals surface area contributed by atoms with E-state index in [0.29, 0.717) is 67.0 Å². The molecule has 0 radical (unpaired) electrons. The van der Waals surface area contributed by atoms with Crippen LogP contribution in [0.1, 0.15) is 90.6 Å².